The normalized spacial score (nSPS) is 41.4. The van der Waals surface area contributed by atoms with E-state index in [0.717, 1.165) is 101 Å². The van der Waals surface area contributed by atoms with E-state index < -0.39 is 254 Å². The van der Waals surface area contributed by atoms with Crippen LogP contribution in [0.4, 0.5) is 0 Å². The predicted octanol–water partition coefficient (Wildman–Crippen LogP) is -10.6. The molecule has 0 aromatic rings. The number of nitrogens with one attached hydrogen (secondary N) is 6. The quantitative estimate of drug-likeness (QED) is 0.0210. The lowest BCUT2D eigenvalue weighted by atomic mass is 9.81. The van der Waals surface area contributed by atoms with Crippen LogP contribution in [0, 0.1) is 11.8 Å². The topological polar surface area (TPSA) is 619 Å². The second kappa shape index (κ2) is 49.5. The molecule has 0 spiro atoms. The maximum absolute atomic E-state index is 12.2. The van der Waals surface area contributed by atoms with Crippen LogP contribution in [-0.2, 0) is 56.8 Å². The maximum Gasteiger partial charge on any atom is 0.187 e. The molecule has 13 aliphatic heterocycles. The van der Waals surface area contributed by atoms with E-state index in [1.807, 2.05) is 0 Å². The summed E-state index contributed by atoms with van der Waals surface area (Å²) in [6.45, 7) is 6.42. The van der Waals surface area contributed by atoms with E-state index in [-0.39, 0.29) is 20.1 Å². The molecule has 0 aliphatic carbocycles. The fourth-order valence-electron chi connectivity index (χ4n) is 14.1. The van der Waals surface area contributed by atoms with Gasteiger partial charge in [-0.05, 0) is 130 Å². The first-order chi connectivity index (χ1) is 52.8. The lowest BCUT2D eigenvalue weighted by Crippen LogP contribution is -2.67. The van der Waals surface area contributed by atoms with Gasteiger partial charge in [0.2, 0.25) is 0 Å². The van der Waals surface area contributed by atoms with Crippen molar-refractivity contribution in [2.24, 2.45) is 23.3 Å². The van der Waals surface area contributed by atoms with E-state index in [1.54, 1.807) is 0 Å². The summed E-state index contributed by atoms with van der Waals surface area (Å²) in [4.78, 5) is 0. The monoisotopic (exact) mass is 1670 g/mol. The Morgan fingerprint density at radius 1 is 0.355 bits per heavy atom. The number of nitrogens with two attached hydrogens (primary N) is 2. The molecule has 12 bridgehead atoms. The predicted molar refractivity (Wildman–Crippen MR) is 400 cm³/mol. The molecule has 0 aromatic heterocycles. The van der Waals surface area contributed by atoms with Crippen molar-refractivity contribution >= 4 is 56.6 Å². The van der Waals surface area contributed by atoms with Gasteiger partial charge in [0.1, 0.15) is 143 Å². The SMILES string of the molecule is CC(CO)C1OC2OC(CO)C(OC3OC(CO)C(OC4OC(CSC(=S)NCCCNCCCCNCCCN)C(CC5OC(CO)C(OC6OC(CO)C(OC7OC(CSC(=S)NCCCNCCCCNCCCN)C(OC(C)C(O)C1O)C(O)C7O)C(O)C6O)C(O)C5O)C(O)C4O)C(O)C3O)C(O)C2O. The van der Waals surface area contributed by atoms with E-state index in [0.29, 0.717) is 52.1 Å². The first-order valence-corrected chi connectivity index (χ1v) is 41.0. The summed E-state index contributed by atoms with van der Waals surface area (Å²) >= 11 is 13.4. The largest absolute Gasteiger partial charge is 0.396 e. The molecule has 13 aliphatic rings. The first-order valence-electron chi connectivity index (χ1n) is 38.3. The summed E-state index contributed by atoms with van der Waals surface area (Å²) in [5, 5.41) is 240. The van der Waals surface area contributed by atoms with E-state index in [1.165, 1.54) is 13.8 Å². The average Bonchev–Trinajstić information content (AvgIpc) is 0.782. The van der Waals surface area contributed by atoms with Gasteiger partial charge in [-0.25, -0.2) is 0 Å². The lowest BCUT2D eigenvalue weighted by Gasteiger charge is -2.50. The Balaban J connectivity index is 1.14. The smallest absolute Gasteiger partial charge is 0.187 e. The third kappa shape index (κ3) is 27.0. The van der Waals surface area contributed by atoms with Gasteiger partial charge in [0, 0.05) is 43.0 Å². The molecule has 43 heteroatoms. The number of hydrogen-bond donors (Lipinski definition) is 27. The highest BCUT2D eigenvalue weighted by atomic mass is 32.2. The summed E-state index contributed by atoms with van der Waals surface area (Å²) in [6, 6.07) is 0. The van der Waals surface area contributed by atoms with Crippen LogP contribution < -0.4 is 43.4 Å². The van der Waals surface area contributed by atoms with Crippen LogP contribution >= 0.6 is 48.0 Å². The summed E-state index contributed by atoms with van der Waals surface area (Å²) in [5.74, 6) is -2.73. The highest BCUT2D eigenvalue weighted by Gasteiger charge is 2.58. The molecular weight excluding hydrogens is 1540 g/mol. The number of thiocarbonyl (C=S) groups is 2. The van der Waals surface area contributed by atoms with Crippen molar-refractivity contribution in [1.82, 2.24) is 31.9 Å². The number of aliphatic hydroxyl groups excluding tert-OH is 19. The van der Waals surface area contributed by atoms with Gasteiger partial charge in [-0.2, -0.15) is 0 Å². The molecule has 39 nitrogen and oxygen atoms in total. The number of aliphatic hydroxyl groups is 19. The van der Waals surface area contributed by atoms with Crippen LogP contribution in [0.5, 0.6) is 0 Å². The molecule has 13 saturated heterocycles. The summed E-state index contributed by atoms with van der Waals surface area (Å²) in [7, 11) is 0. The number of unbranched alkanes of at least 4 members (excludes halogenated alkanes) is 2. The van der Waals surface area contributed by atoms with Gasteiger partial charge in [0.25, 0.3) is 0 Å². The molecule has 13 fully saturated rings. The molecule has 644 valence electrons. The molecule has 0 aromatic carbocycles. The fourth-order valence-corrected chi connectivity index (χ4v) is 16.3. The van der Waals surface area contributed by atoms with E-state index in [4.69, 9.17) is 92.7 Å². The molecule has 35 atom stereocenters. The maximum atomic E-state index is 12.2. The van der Waals surface area contributed by atoms with Gasteiger partial charge in [-0.1, -0.05) is 54.9 Å². The zero-order valence-electron chi connectivity index (χ0n) is 62.2. The van der Waals surface area contributed by atoms with Crippen LogP contribution in [0.2, 0.25) is 0 Å². The minimum absolute atomic E-state index is 0.124. The first kappa shape index (κ1) is 96.1. The summed E-state index contributed by atoms with van der Waals surface area (Å²) in [5.41, 5.74) is 11.1. The Hall–Kier alpha value is -1.00. The van der Waals surface area contributed by atoms with Crippen LogP contribution in [0.3, 0.4) is 0 Å². The van der Waals surface area contributed by atoms with Gasteiger partial charge < -0.3 is 197 Å². The molecular formula is C67H126N8O31S4. The number of fused-ring (bicyclic) bond motifs is 6. The van der Waals surface area contributed by atoms with Crippen molar-refractivity contribution in [2.45, 2.75) is 274 Å². The second-order valence-electron chi connectivity index (χ2n) is 28.9. The summed E-state index contributed by atoms with van der Waals surface area (Å²) < 4.78 is 73.6. The molecule has 29 N–H and O–H groups in total. The molecule has 13 rings (SSSR count). The number of ether oxygens (including phenoxy) is 12. The van der Waals surface area contributed by atoms with Crippen molar-refractivity contribution in [2.75, 3.05) is 123 Å². The van der Waals surface area contributed by atoms with E-state index in [9.17, 15) is 97.0 Å². The molecule has 0 radical (unpaired) electrons. The van der Waals surface area contributed by atoms with Crippen molar-refractivity contribution in [3.63, 3.8) is 0 Å². The van der Waals surface area contributed by atoms with Gasteiger partial charge in [-0.3, -0.25) is 0 Å². The van der Waals surface area contributed by atoms with E-state index in [2.05, 4.69) is 31.9 Å². The molecule has 35 unspecified atom stereocenters. The Kier molecular flexibility index (Phi) is 43.3. The molecule has 13 heterocycles. The Labute approximate surface area is 659 Å². The van der Waals surface area contributed by atoms with Crippen molar-refractivity contribution in [3.8, 4) is 0 Å². The minimum atomic E-state index is -2.18. The summed E-state index contributed by atoms with van der Waals surface area (Å²) in [6.07, 6.45) is -55.7. The Morgan fingerprint density at radius 3 is 1.05 bits per heavy atom. The second-order valence-corrected chi connectivity index (χ2v) is 32.2. The standard InChI is InChI=1S/C67H126N8O31S4/c1-31(24-76)55-44(84)41(81)32(2)95-60-40(30-110-67(108)75-22-10-20-73-16-6-4-14-71-18-8-12-69)101-65(54(94)49(60)89)106-59-38(28-80)98-63(52(92)48(59)88)103-56-35(25-77)96-34(43(83)45(56)85)23-33-39(29-109-66(107)74-21-9-19-72-15-5-3-13-70-17-7-11-68)100-61(50(90)42(33)82)104-57-37(27-79)99-64(53(93)47(57)87)105-58-36(26-78)97-62(102-55)51(91)46(58)86/h31-65,70-73,76-94H,3-30,68-69H2,1-2H3,(H,74,107)(H,75,108). The zero-order valence-corrected chi connectivity index (χ0v) is 65.5. The van der Waals surface area contributed by atoms with Crippen LogP contribution in [-0.4, -0.2) is 431 Å². The minimum Gasteiger partial charge on any atom is -0.396 e. The number of hydrogen-bond acceptors (Lipinski definition) is 41. The molecule has 0 saturated carbocycles. The highest BCUT2D eigenvalue weighted by molar-refractivity contribution is 8.23. The third-order valence-corrected chi connectivity index (χ3v) is 23.5. The fraction of sp³-hybridized carbons (Fsp3) is 0.970. The van der Waals surface area contributed by atoms with E-state index >= 15 is 0 Å². The number of thioether (sulfide) groups is 2. The van der Waals surface area contributed by atoms with Gasteiger partial charge in [-0.15, -0.1) is 0 Å². The van der Waals surface area contributed by atoms with Gasteiger partial charge >= 0.3 is 0 Å². The van der Waals surface area contributed by atoms with Crippen molar-refractivity contribution in [3.05, 3.63) is 0 Å². The Bertz CT molecular complexity index is 2570. The van der Waals surface area contributed by atoms with Gasteiger partial charge in [0.15, 0.2) is 31.5 Å². The molecule has 0 amide bonds. The van der Waals surface area contributed by atoms with Crippen molar-refractivity contribution in [1.29, 1.82) is 0 Å². The third-order valence-electron chi connectivity index (χ3n) is 20.7. The lowest BCUT2D eigenvalue weighted by molar-refractivity contribution is -0.381. The van der Waals surface area contributed by atoms with Gasteiger partial charge in [0.05, 0.1) is 63.1 Å². The van der Waals surface area contributed by atoms with Crippen molar-refractivity contribution < 1.29 is 154 Å². The van der Waals surface area contributed by atoms with Crippen LogP contribution in [0.1, 0.15) is 71.6 Å². The average molecular weight is 1670 g/mol. The Morgan fingerprint density at radius 2 is 0.673 bits per heavy atom. The highest BCUT2D eigenvalue weighted by Crippen LogP contribution is 2.41. The zero-order chi connectivity index (χ0) is 80.3. The molecule has 110 heavy (non-hydrogen) atoms. The van der Waals surface area contributed by atoms with Crippen LogP contribution in [0.15, 0.2) is 0 Å². The number of rotatable bonds is 34. The van der Waals surface area contributed by atoms with Crippen LogP contribution in [0.25, 0.3) is 0 Å².